The monoisotopic (exact) mass is 418 g/mol. The molecule has 0 aromatic rings. The molecule has 0 fully saturated rings. The molecular formula is C28H50O2. The van der Waals surface area contributed by atoms with Crippen LogP contribution in [0.3, 0.4) is 0 Å². The fourth-order valence-corrected chi connectivity index (χ4v) is 4.51. The molecule has 0 aromatic carbocycles. The number of ether oxygens (including phenoxy) is 2. The van der Waals surface area contributed by atoms with Gasteiger partial charge in [0.2, 0.25) is 0 Å². The van der Waals surface area contributed by atoms with Gasteiger partial charge in [0.1, 0.15) is 11.7 Å². The highest BCUT2D eigenvalue weighted by atomic mass is 16.5. The van der Waals surface area contributed by atoms with Gasteiger partial charge < -0.3 is 9.47 Å². The normalized spacial score (nSPS) is 23.9. The Morgan fingerprint density at radius 2 is 1.50 bits per heavy atom. The number of methoxy groups -OCH3 is 2. The minimum Gasteiger partial charge on any atom is -0.374 e. The van der Waals surface area contributed by atoms with E-state index >= 15 is 0 Å². The van der Waals surface area contributed by atoms with E-state index in [2.05, 4.69) is 58.9 Å². The second-order valence-electron chi connectivity index (χ2n) is 10.2. The highest BCUT2D eigenvalue weighted by Crippen LogP contribution is 2.30. The number of hydrogen-bond acceptors (Lipinski definition) is 2. The summed E-state index contributed by atoms with van der Waals surface area (Å²) in [7, 11) is 3.54. The summed E-state index contributed by atoms with van der Waals surface area (Å²) in [5.74, 6) is 2.59. The predicted molar refractivity (Wildman–Crippen MR) is 132 cm³/mol. The van der Waals surface area contributed by atoms with Gasteiger partial charge in [-0.1, -0.05) is 103 Å². The van der Waals surface area contributed by atoms with Crippen molar-refractivity contribution >= 4 is 0 Å². The number of hydrogen-bond donors (Lipinski definition) is 0. The van der Waals surface area contributed by atoms with Crippen molar-refractivity contribution in [3.63, 3.8) is 0 Å². The lowest BCUT2D eigenvalue weighted by molar-refractivity contribution is -0.0643. The molecule has 174 valence electrons. The van der Waals surface area contributed by atoms with E-state index in [9.17, 15) is 0 Å². The van der Waals surface area contributed by atoms with Gasteiger partial charge in [0.25, 0.3) is 0 Å². The van der Waals surface area contributed by atoms with Crippen molar-refractivity contribution in [1.82, 2.24) is 0 Å². The first-order valence-corrected chi connectivity index (χ1v) is 12.4. The molecule has 0 aliphatic heterocycles. The molecule has 4 atom stereocenters. The average Bonchev–Trinajstić information content (AvgIpc) is 2.72. The van der Waals surface area contributed by atoms with Crippen LogP contribution in [0.2, 0.25) is 0 Å². The summed E-state index contributed by atoms with van der Waals surface area (Å²) < 4.78 is 11.5. The van der Waals surface area contributed by atoms with Crippen molar-refractivity contribution in [1.29, 1.82) is 0 Å². The van der Waals surface area contributed by atoms with Crippen LogP contribution >= 0.6 is 0 Å². The summed E-state index contributed by atoms with van der Waals surface area (Å²) in [5.41, 5.74) is 1.10. The standard InChI is InChI=1S/C28H50O2/c1-23(2)13-10-14-24(3)15-11-16-25(4)17-12-18-26(5)20-22-28(30-7)21-9-8-19-27(28)29-6/h8-9,19-21,23-25,27H,10-18,22H2,1-7H3/b26-20+. The largest absolute Gasteiger partial charge is 0.374 e. The lowest BCUT2D eigenvalue weighted by Gasteiger charge is -2.35. The third kappa shape index (κ3) is 10.4. The van der Waals surface area contributed by atoms with E-state index in [0.29, 0.717) is 0 Å². The van der Waals surface area contributed by atoms with Crippen LogP contribution in [0.4, 0.5) is 0 Å². The Morgan fingerprint density at radius 1 is 0.900 bits per heavy atom. The van der Waals surface area contributed by atoms with Crippen LogP contribution in [-0.2, 0) is 9.47 Å². The first kappa shape index (κ1) is 27.2. The van der Waals surface area contributed by atoms with Gasteiger partial charge in [0.05, 0.1) is 0 Å². The van der Waals surface area contributed by atoms with Crippen LogP contribution in [0.5, 0.6) is 0 Å². The first-order chi connectivity index (χ1) is 14.3. The Labute approximate surface area is 188 Å². The Bertz CT molecular complexity index is 531. The molecule has 2 nitrogen and oxygen atoms in total. The maximum absolute atomic E-state index is 5.87. The zero-order chi connectivity index (χ0) is 22.4. The smallest absolute Gasteiger partial charge is 0.119 e. The van der Waals surface area contributed by atoms with Gasteiger partial charge >= 0.3 is 0 Å². The molecule has 0 radical (unpaired) electrons. The summed E-state index contributed by atoms with van der Waals surface area (Å²) in [6.45, 7) is 11.8. The van der Waals surface area contributed by atoms with Crippen LogP contribution in [0, 0.1) is 17.8 Å². The topological polar surface area (TPSA) is 18.5 Å². The molecule has 4 unspecified atom stereocenters. The van der Waals surface area contributed by atoms with Gasteiger partial charge in [-0.15, -0.1) is 0 Å². The second-order valence-corrected chi connectivity index (χ2v) is 10.2. The fraction of sp³-hybridized carbons (Fsp3) is 0.786. The molecule has 1 aliphatic carbocycles. The molecule has 0 bridgehead atoms. The minimum absolute atomic E-state index is 0.0238. The summed E-state index contributed by atoms with van der Waals surface area (Å²) in [6.07, 6.45) is 23.7. The molecular weight excluding hydrogens is 368 g/mol. The van der Waals surface area contributed by atoms with Crippen molar-refractivity contribution in [3.8, 4) is 0 Å². The molecule has 0 amide bonds. The number of allylic oxidation sites excluding steroid dienone is 3. The van der Waals surface area contributed by atoms with Crippen LogP contribution in [0.25, 0.3) is 0 Å². The third-order valence-electron chi connectivity index (χ3n) is 6.80. The minimum atomic E-state index is -0.371. The van der Waals surface area contributed by atoms with Crippen molar-refractivity contribution in [2.75, 3.05) is 14.2 Å². The maximum atomic E-state index is 5.87. The van der Waals surface area contributed by atoms with E-state index in [0.717, 1.165) is 24.2 Å². The molecule has 0 saturated heterocycles. The number of rotatable bonds is 16. The van der Waals surface area contributed by atoms with Crippen molar-refractivity contribution in [2.45, 2.75) is 111 Å². The van der Waals surface area contributed by atoms with Crippen LogP contribution < -0.4 is 0 Å². The highest BCUT2D eigenvalue weighted by molar-refractivity contribution is 5.25. The quantitative estimate of drug-likeness (QED) is 0.235. The van der Waals surface area contributed by atoms with Gasteiger partial charge in [-0.25, -0.2) is 0 Å². The summed E-state index contributed by atoms with van der Waals surface area (Å²) in [4.78, 5) is 0. The van der Waals surface area contributed by atoms with Crippen LogP contribution in [-0.4, -0.2) is 25.9 Å². The molecule has 30 heavy (non-hydrogen) atoms. The van der Waals surface area contributed by atoms with Crippen molar-refractivity contribution in [3.05, 3.63) is 36.0 Å². The fourth-order valence-electron chi connectivity index (χ4n) is 4.51. The van der Waals surface area contributed by atoms with E-state index in [-0.39, 0.29) is 11.7 Å². The molecule has 0 spiro atoms. The maximum Gasteiger partial charge on any atom is 0.119 e. The Balaban J connectivity index is 2.24. The first-order valence-electron chi connectivity index (χ1n) is 12.4. The average molecular weight is 419 g/mol. The molecule has 0 N–H and O–H groups in total. The van der Waals surface area contributed by atoms with Gasteiger partial charge in [-0.3, -0.25) is 0 Å². The molecule has 2 heteroatoms. The van der Waals surface area contributed by atoms with Gasteiger partial charge in [-0.05, 0) is 43.6 Å². The lowest BCUT2D eigenvalue weighted by atomic mass is 9.87. The Morgan fingerprint density at radius 3 is 2.07 bits per heavy atom. The Kier molecular flexibility index (Phi) is 13.6. The van der Waals surface area contributed by atoms with E-state index in [1.54, 1.807) is 14.2 Å². The van der Waals surface area contributed by atoms with E-state index in [1.807, 2.05) is 6.08 Å². The summed E-state index contributed by atoms with van der Waals surface area (Å²) in [5, 5.41) is 0. The van der Waals surface area contributed by atoms with E-state index in [4.69, 9.17) is 9.47 Å². The zero-order valence-electron chi connectivity index (χ0n) is 21.1. The second kappa shape index (κ2) is 15.0. The highest BCUT2D eigenvalue weighted by Gasteiger charge is 2.35. The zero-order valence-corrected chi connectivity index (χ0v) is 21.1. The summed E-state index contributed by atoms with van der Waals surface area (Å²) in [6, 6.07) is 0. The van der Waals surface area contributed by atoms with Crippen LogP contribution in [0.1, 0.15) is 98.8 Å². The van der Waals surface area contributed by atoms with Gasteiger partial charge in [0, 0.05) is 20.6 Å². The lowest BCUT2D eigenvalue weighted by Crippen LogP contribution is -2.43. The molecule has 1 rings (SSSR count). The molecule has 0 heterocycles. The van der Waals surface area contributed by atoms with Crippen molar-refractivity contribution < 1.29 is 9.47 Å². The van der Waals surface area contributed by atoms with Crippen LogP contribution in [0.15, 0.2) is 36.0 Å². The van der Waals surface area contributed by atoms with Gasteiger partial charge in [-0.2, -0.15) is 0 Å². The van der Waals surface area contributed by atoms with Gasteiger partial charge in [0.15, 0.2) is 0 Å². The van der Waals surface area contributed by atoms with Crippen molar-refractivity contribution in [2.24, 2.45) is 17.8 Å². The summed E-state index contributed by atoms with van der Waals surface area (Å²) >= 11 is 0. The molecule has 0 aromatic heterocycles. The SMILES string of the molecule is COC1C=CC=CC1(C/C=C(\C)CCCC(C)CCCC(C)CCCC(C)C)OC. The molecule has 1 aliphatic rings. The van der Waals surface area contributed by atoms with E-state index < -0.39 is 0 Å². The predicted octanol–water partition coefficient (Wildman–Crippen LogP) is 8.29. The third-order valence-corrected chi connectivity index (χ3v) is 6.80. The Hall–Kier alpha value is -0.860. The van der Waals surface area contributed by atoms with E-state index in [1.165, 1.54) is 63.4 Å². The molecule has 0 saturated carbocycles.